The maximum Gasteiger partial charge on any atom is 0.344 e. The maximum atomic E-state index is 10.7. The summed E-state index contributed by atoms with van der Waals surface area (Å²) in [6.45, 7) is 1.42. The van der Waals surface area contributed by atoms with E-state index in [4.69, 9.17) is 15.6 Å². The molecule has 1 aromatic rings. The zero-order valence-electron chi connectivity index (χ0n) is 8.14. The number of benzene rings is 1. The summed E-state index contributed by atoms with van der Waals surface area (Å²) in [5, 5.41) is 8.59. The molecular formula is C10H11NO4. The molecule has 0 saturated heterocycles. The first-order valence-electron chi connectivity index (χ1n) is 4.30. The SMILES string of the molecule is C[C@@H](Oc1ccc(C(N)=O)cc1)C(=O)O. The lowest BCUT2D eigenvalue weighted by molar-refractivity contribution is -0.144. The lowest BCUT2D eigenvalue weighted by Crippen LogP contribution is -2.22. The first-order valence-corrected chi connectivity index (χ1v) is 4.30. The molecule has 1 rings (SSSR count). The smallest absolute Gasteiger partial charge is 0.344 e. The molecule has 5 heteroatoms. The fourth-order valence-electron chi connectivity index (χ4n) is 0.952. The zero-order chi connectivity index (χ0) is 11.4. The summed E-state index contributed by atoms with van der Waals surface area (Å²) in [6.07, 6.45) is -0.926. The molecule has 0 spiro atoms. The quantitative estimate of drug-likeness (QED) is 0.761. The normalized spacial score (nSPS) is 11.8. The molecule has 1 atom stereocenters. The van der Waals surface area contributed by atoms with Gasteiger partial charge >= 0.3 is 5.97 Å². The standard InChI is InChI=1S/C10H11NO4/c1-6(10(13)14)15-8-4-2-7(3-5-8)9(11)12/h2-6H,1H3,(H2,11,12)(H,13,14)/t6-/m1/s1. The van der Waals surface area contributed by atoms with Gasteiger partial charge in [0.1, 0.15) is 5.75 Å². The minimum absolute atomic E-state index is 0.352. The Hall–Kier alpha value is -2.04. The highest BCUT2D eigenvalue weighted by Crippen LogP contribution is 2.13. The van der Waals surface area contributed by atoms with E-state index >= 15 is 0 Å². The Morgan fingerprint density at radius 2 is 1.87 bits per heavy atom. The average Bonchev–Trinajstić information content (AvgIpc) is 2.18. The van der Waals surface area contributed by atoms with E-state index in [9.17, 15) is 9.59 Å². The second-order valence-electron chi connectivity index (χ2n) is 2.99. The van der Waals surface area contributed by atoms with Gasteiger partial charge in [-0.2, -0.15) is 0 Å². The third-order valence-electron chi connectivity index (χ3n) is 1.80. The molecule has 0 aliphatic heterocycles. The van der Waals surface area contributed by atoms with Crippen LogP contribution in [0.1, 0.15) is 17.3 Å². The van der Waals surface area contributed by atoms with E-state index in [1.165, 1.54) is 31.2 Å². The molecule has 0 fully saturated rings. The monoisotopic (exact) mass is 209 g/mol. The summed E-state index contributed by atoms with van der Waals surface area (Å²) in [7, 11) is 0. The van der Waals surface area contributed by atoms with Gasteiger partial charge in [0, 0.05) is 5.56 Å². The van der Waals surface area contributed by atoms with Crippen LogP contribution < -0.4 is 10.5 Å². The molecule has 0 radical (unpaired) electrons. The summed E-state index contributed by atoms with van der Waals surface area (Å²) in [4.78, 5) is 21.2. The number of nitrogens with two attached hydrogens (primary N) is 1. The van der Waals surface area contributed by atoms with Crippen LogP contribution in [-0.4, -0.2) is 23.1 Å². The van der Waals surface area contributed by atoms with Gasteiger partial charge in [-0.15, -0.1) is 0 Å². The summed E-state index contributed by atoms with van der Waals surface area (Å²) < 4.78 is 5.06. The van der Waals surface area contributed by atoms with Gasteiger partial charge in [-0.3, -0.25) is 4.79 Å². The van der Waals surface area contributed by atoms with Crippen molar-refractivity contribution in [3.05, 3.63) is 29.8 Å². The molecule has 80 valence electrons. The van der Waals surface area contributed by atoms with E-state index in [1.807, 2.05) is 0 Å². The van der Waals surface area contributed by atoms with Crippen molar-refractivity contribution in [2.24, 2.45) is 5.73 Å². The number of aliphatic carboxylic acids is 1. The molecule has 0 saturated carbocycles. The van der Waals surface area contributed by atoms with Gasteiger partial charge in [-0.05, 0) is 31.2 Å². The lowest BCUT2D eigenvalue weighted by atomic mass is 10.2. The van der Waals surface area contributed by atoms with Crippen molar-refractivity contribution >= 4 is 11.9 Å². The summed E-state index contributed by atoms with van der Waals surface area (Å²) >= 11 is 0. The lowest BCUT2D eigenvalue weighted by Gasteiger charge is -2.09. The van der Waals surface area contributed by atoms with E-state index in [1.54, 1.807) is 0 Å². The van der Waals surface area contributed by atoms with E-state index in [0.717, 1.165) is 0 Å². The highest BCUT2D eigenvalue weighted by atomic mass is 16.5. The Morgan fingerprint density at radius 1 is 1.33 bits per heavy atom. The van der Waals surface area contributed by atoms with Crippen molar-refractivity contribution in [3.63, 3.8) is 0 Å². The molecule has 1 amide bonds. The molecule has 0 aromatic heterocycles. The van der Waals surface area contributed by atoms with Crippen LogP contribution in [0.3, 0.4) is 0 Å². The fraction of sp³-hybridized carbons (Fsp3) is 0.200. The van der Waals surface area contributed by atoms with Crippen molar-refractivity contribution in [3.8, 4) is 5.75 Å². The number of carbonyl (C=O) groups excluding carboxylic acids is 1. The van der Waals surface area contributed by atoms with Crippen LogP contribution in [0.25, 0.3) is 0 Å². The molecule has 0 unspecified atom stereocenters. The first-order chi connectivity index (χ1) is 7.00. The zero-order valence-corrected chi connectivity index (χ0v) is 8.14. The van der Waals surface area contributed by atoms with Crippen LogP contribution in [-0.2, 0) is 4.79 Å². The number of rotatable bonds is 4. The van der Waals surface area contributed by atoms with Crippen LogP contribution in [0.15, 0.2) is 24.3 Å². The molecule has 0 aliphatic rings. The summed E-state index contributed by atoms with van der Waals surface area (Å²) in [5.74, 6) is -1.20. The second-order valence-corrected chi connectivity index (χ2v) is 2.99. The molecule has 0 heterocycles. The van der Waals surface area contributed by atoms with E-state index < -0.39 is 18.0 Å². The Balaban J connectivity index is 2.72. The molecule has 0 aliphatic carbocycles. The predicted octanol–water partition coefficient (Wildman–Crippen LogP) is 0.637. The van der Waals surface area contributed by atoms with Crippen LogP contribution in [0, 0.1) is 0 Å². The minimum atomic E-state index is -1.05. The van der Waals surface area contributed by atoms with Crippen molar-refractivity contribution in [2.45, 2.75) is 13.0 Å². The number of ether oxygens (including phenoxy) is 1. The van der Waals surface area contributed by atoms with E-state index in [0.29, 0.717) is 11.3 Å². The molecule has 3 N–H and O–H groups in total. The topological polar surface area (TPSA) is 89.6 Å². The molecule has 5 nitrogen and oxygen atoms in total. The Morgan fingerprint density at radius 3 is 2.27 bits per heavy atom. The average molecular weight is 209 g/mol. The second kappa shape index (κ2) is 4.45. The van der Waals surface area contributed by atoms with Crippen molar-refractivity contribution in [1.82, 2.24) is 0 Å². The van der Waals surface area contributed by atoms with Crippen LogP contribution >= 0.6 is 0 Å². The third kappa shape index (κ3) is 2.98. The van der Waals surface area contributed by atoms with E-state index in [-0.39, 0.29) is 0 Å². The number of carbonyl (C=O) groups is 2. The van der Waals surface area contributed by atoms with Crippen LogP contribution in [0.4, 0.5) is 0 Å². The minimum Gasteiger partial charge on any atom is -0.479 e. The number of carboxylic acids is 1. The third-order valence-corrected chi connectivity index (χ3v) is 1.80. The maximum absolute atomic E-state index is 10.7. The van der Waals surface area contributed by atoms with Gasteiger partial charge < -0.3 is 15.6 Å². The highest BCUT2D eigenvalue weighted by molar-refractivity contribution is 5.92. The molecule has 0 bridgehead atoms. The van der Waals surface area contributed by atoms with Gasteiger partial charge in [0.25, 0.3) is 0 Å². The number of primary amides is 1. The van der Waals surface area contributed by atoms with E-state index in [2.05, 4.69) is 0 Å². The first kappa shape index (κ1) is 11.0. The highest BCUT2D eigenvalue weighted by Gasteiger charge is 2.12. The van der Waals surface area contributed by atoms with Gasteiger partial charge in [0.15, 0.2) is 6.10 Å². The predicted molar refractivity (Wildman–Crippen MR) is 52.7 cm³/mol. The molecule has 15 heavy (non-hydrogen) atoms. The Kier molecular flexibility index (Phi) is 3.28. The number of hydrogen-bond acceptors (Lipinski definition) is 3. The number of carboxylic acid groups (broad SMARTS) is 1. The summed E-state index contributed by atoms with van der Waals surface area (Å²) in [6, 6.07) is 5.96. The van der Waals surface area contributed by atoms with Crippen molar-refractivity contribution < 1.29 is 19.4 Å². The largest absolute Gasteiger partial charge is 0.479 e. The van der Waals surface area contributed by atoms with Crippen LogP contribution in [0.5, 0.6) is 5.75 Å². The fourth-order valence-corrected chi connectivity index (χ4v) is 0.952. The van der Waals surface area contributed by atoms with Gasteiger partial charge in [0.2, 0.25) is 5.91 Å². The Labute approximate surface area is 86.5 Å². The van der Waals surface area contributed by atoms with Gasteiger partial charge in [-0.25, -0.2) is 4.79 Å². The van der Waals surface area contributed by atoms with Gasteiger partial charge in [-0.1, -0.05) is 0 Å². The summed E-state index contributed by atoms with van der Waals surface area (Å²) in [5.41, 5.74) is 5.39. The molecule has 1 aromatic carbocycles. The molecular weight excluding hydrogens is 198 g/mol. The van der Waals surface area contributed by atoms with Gasteiger partial charge in [0.05, 0.1) is 0 Å². The number of amides is 1. The number of hydrogen-bond donors (Lipinski definition) is 2. The van der Waals surface area contributed by atoms with Crippen molar-refractivity contribution in [2.75, 3.05) is 0 Å². The van der Waals surface area contributed by atoms with Crippen LogP contribution in [0.2, 0.25) is 0 Å². The van der Waals surface area contributed by atoms with Crippen molar-refractivity contribution in [1.29, 1.82) is 0 Å². The Bertz CT molecular complexity index is 372.